The number of thioether (sulfide) groups is 1. The number of thiophene rings is 1. The van der Waals surface area contributed by atoms with E-state index < -0.39 is 0 Å². The molecule has 186 valence electrons. The van der Waals surface area contributed by atoms with Crippen LogP contribution in [0, 0.1) is 0 Å². The van der Waals surface area contributed by atoms with Gasteiger partial charge in [-0.1, -0.05) is 30.0 Å². The molecule has 2 aromatic carbocycles. The van der Waals surface area contributed by atoms with E-state index in [9.17, 15) is 4.79 Å². The summed E-state index contributed by atoms with van der Waals surface area (Å²) in [4.78, 5) is 13.5. The first-order valence-electron chi connectivity index (χ1n) is 11.6. The molecule has 10 heteroatoms. The molecule has 0 aliphatic rings. The predicted octanol–water partition coefficient (Wildman–Crippen LogP) is 5.25. The van der Waals surface area contributed by atoms with Crippen molar-refractivity contribution in [1.29, 1.82) is 0 Å². The minimum atomic E-state index is -0.0870. The van der Waals surface area contributed by atoms with Gasteiger partial charge in [0, 0.05) is 5.75 Å². The minimum absolute atomic E-state index is 0.0870. The van der Waals surface area contributed by atoms with Gasteiger partial charge in [-0.25, -0.2) is 0 Å². The molecule has 5 rings (SSSR count). The Hall–Kier alpha value is -3.50. The zero-order valence-corrected chi connectivity index (χ0v) is 21.9. The van der Waals surface area contributed by atoms with Gasteiger partial charge in [0.2, 0.25) is 5.78 Å². The van der Waals surface area contributed by atoms with Gasteiger partial charge in [-0.15, -0.1) is 21.5 Å². The van der Waals surface area contributed by atoms with Crippen LogP contribution < -0.4 is 19.8 Å². The molecule has 0 atom stereocenters. The van der Waals surface area contributed by atoms with Gasteiger partial charge in [-0.2, -0.15) is 0 Å². The molecule has 0 radical (unpaired) electrons. The highest BCUT2D eigenvalue weighted by Crippen LogP contribution is 2.30. The SMILES string of the molecule is CCOc1ccc(Cn2c(=O)c3sccc3n3c(SCc4cccc(OC)c4)nnc23)cc1OCC. The molecular formula is C26H26N4O4S2. The molecule has 0 aliphatic carbocycles. The lowest BCUT2D eigenvalue weighted by atomic mass is 10.2. The van der Waals surface area contributed by atoms with E-state index >= 15 is 0 Å². The fourth-order valence-corrected chi connectivity index (χ4v) is 5.73. The summed E-state index contributed by atoms with van der Waals surface area (Å²) in [5.74, 6) is 3.36. The monoisotopic (exact) mass is 522 g/mol. The Bertz CT molecular complexity index is 1570. The van der Waals surface area contributed by atoms with Crippen molar-refractivity contribution in [3.05, 3.63) is 75.4 Å². The van der Waals surface area contributed by atoms with Gasteiger partial charge >= 0.3 is 0 Å². The molecule has 0 fully saturated rings. The van der Waals surface area contributed by atoms with Gasteiger partial charge < -0.3 is 14.2 Å². The van der Waals surface area contributed by atoms with Gasteiger partial charge in [-0.3, -0.25) is 13.8 Å². The number of aromatic nitrogens is 4. The maximum atomic E-state index is 13.5. The number of hydrogen-bond acceptors (Lipinski definition) is 8. The first-order valence-corrected chi connectivity index (χ1v) is 13.5. The van der Waals surface area contributed by atoms with E-state index in [-0.39, 0.29) is 5.56 Å². The van der Waals surface area contributed by atoms with E-state index in [2.05, 4.69) is 16.3 Å². The van der Waals surface area contributed by atoms with Crippen LogP contribution in [0.2, 0.25) is 0 Å². The standard InChI is InChI=1S/C26H26N4O4S2/c1-4-33-21-10-9-17(14-22(21)34-5-2)15-29-24(31)23-20(11-12-35-23)30-25(29)27-28-26(30)36-16-18-7-6-8-19(13-18)32-3/h6-14H,4-5,15-16H2,1-3H3. The van der Waals surface area contributed by atoms with Crippen LogP contribution in [0.4, 0.5) is 0 Å². The lowest BCUT2D eigenvalue weighted by Crippen LogP contribution is -2.23. The summed E-state index contributed by atoms with van der Waals surface area (Å²) in [6.07, 6.45) is 0. The Morgan fingerprint density at radius 2 is 1.81 bits per heavy atom. The van der Waals surface area contributed by atoms with Crippen LogP contribution in [0.1, 0.15) is 25.0 Å². The zero-order chi connectivity index (χ0) is 25.1. The van der Waals surface area contributed by atoms with Crippen molar-refractivity contribution in [1.82, 2.24) is 19.2 Å². The maximum absolute atomic E-state index is 13.5. The number of benzene rings is 2. The largest absolute Gasteiger partial charge is 0.497 e. The second-order valence-corrected chi connectivity index (χ2v) is 9.79. The predicted molar refractivity (Wildman–Crippen MR) is 143 cm³/mol. The van der Waals surface area contributed by atoms with Crippen molar-refractivity contribution in [3.63, 3.8) is 0 Å². The van der Waals surface area contributed by atoms with Gasteiger partial charge in [0.05, 0.1) is 32.4 Å². The fourth-order valence-electron chi connectivity index (χ4n) is 4.02. The van der Waals surface area contributed by atoms with Gasteiger partial charge in [0.15, 0.2) is 16.7 Å². The fraction of sp³-hybridized carbons (Fsp3) is 0.269. The quantitative estimate of drug-likeness (QED) is 0.232. The lowest BCUT2D eigenvalue weighted by Gasteiger charge is -2.14. The minimum Gasteiger partial charge on any atom is -0.497 e. The smallest absolute Gasteiger partial charge is 0.273 e. The van der Waals surface area contributed by atoms with Crippen LogP contribution in [0.25, 0.3) is 16.0 Å². The van der Waals surface area contributed by atoms with Gasteiger partial charge in [0.1, 0.15) is 10.4 Å². The summed E-state index contributed by atoms with van der Waals surface area (Å²) in [5.41, 5.74) is 2.76. The number of methoxy groups -OCH3 is 1. The van der Waals surface area contributed by atoms with Crippen LogP contribution in [0.3, 0.4) is 0 Å². The number of nitrogens with zero attached hydrogens (tertiary/aromatic N) is 4. The maximum Gasteiger partial charge on any atom is 0.273 e. The molecular weight excluding hydrogens is 496 g/mol. The van der Waals surface area contributed by atoms with Crippen molar-refractivity contribution in [2.24, 2.45) is 0 Å². The van der Waals surface area contributed by atoms with Crippen LogP contribution >= 0.6 is 23.1 Å². The highest BCUT2D eigenvalue weighted by atomic mass is 32.2. The van der Waals surface area contributed by atoms with Crippen molar-refractivity contribution in [3.8, 4) is 17.2 Å². The molecule has 0 spiro atoms. The van der Waals surface area contributed by atoms with Gasteiger partial charge in [0.25, 0.3) is 5.56 Å². The van der Waals surface area contributed by atoms with Crippen LogP contribution in [-0.2, 0) is 12.3 Å². The summed E-state index contributed by atoms with van der Waals surface area (Å²) in [6, 6.07) is 15.7. The molecule has 0 N–H and O–H groups in total. The Balaban J connectivity index is 1.54. The Labute approximate surface area is 216 Å². The summed E-state index contributed by atoms with van der Waals surface area (Å²) < 4.78 is 21.1. The average molecular weight is 523 g/mol. The number of fused-ring (bicyclic) bond motifs is 3. The first kappa shape index (κ1) is 24.2. The van der Waals surface area contributed by atoms with Crippen LogP contribution in [0.15, 0.2) is 63.9 Å². The third-order valence-electron chi connectivity index (χ3n) is 5.63. The van der Waals surface area contributed by atoms with Crippen molar-refractivity contribution < 1.29 is 14.2 Å². The normalized spacial score (nSPS) is 11.3. The number of ether oxygens (including phenoxy) is 3. The molecule has 0 unspecified atom stereocenters. The Morgan fingerprint density at radius 3 is 2.61 bits per heavy atom. The van der Waals surface area contributed by atoms with Crippen LogP contribution in [-0.4, -0.2) is 39.5 Å². The summed E-state index contributed by atoms with van der Waals surface area (Å²) in [7, 11) is 1.66. The summed E-state index contributed by atoms with van der Waals surface area (Å²) in [6.45, 7) is 5.27. The first-order chi connectivity index (χ1) is 17.6. The van der Waals surface area contributed by atoms with Crippen molar-refractivity contribution in [2.75, 3.05) is 20.3 Å². The molecule has 36 heavy (non-hydrogen) atoms. The molecule has 0 saturated heterocycles. The van der Waals surface area contributed by atoms with Crippen LogP contribution in [0.5, 0.6) is 17.2 Å². The van der Waals surface area contributed by atoms with E-state index in [1.165, 1.54) is 11.3 Å². The van der Waals surface area contributed by atoms with Crippen molar-refractivity contribution >= 4 is 39.1 Å². The summed E-state index contributed by atoms with van der Waals surface area (Å²) >= 11 is 3.00. The topological polar surface area (TPSA) is 79.9 Å². The van der Waals surface area contributed by atoms with Crippen molar-refractivity contribution in [2.45, 2.75) is 31.3 Å². The van der Waals surface area contributed by atoms with E-state index in [0.717, 1.165) is 27.5 Å². The highest BCUT2D eigenvalue weighted by Gasteiger charge is 2.19. The third-order valence-corrected chi connectivity index (χ3v) is 7.52. The molecule has 3 aromatic heterocycles. The average Bonchev–Trinajstić information content (AvgIpc) is 3.54. The molecule has 0 saturated carbocycles. The molecule has 0 bridgehead atoms. The number of hydrogen-bond donors (Lipinski definition) is 0. The lowest BCUT2D eigenvalue weighted by molar-refractivity contribution is 0.287. The van der Waals surface area contributed by atoms with E-state index in [4.69, 9.17) is 14.2 Å². The third kappa shape index (κ3) is 4.66. The molecule has 3 heterocycles. The second kappa shape index (κ2) is 10.6. The number of rotatable bonds is 10. The molecule has 8 nitrogen and oxygen atoms in total. The molecule has 0 aliphatic heterocycles. The molecule has 5 aromatic rings. The summed E-state index contributed by atoms with van der Waals surface area (Å²) in [5, 5.41) is 11.5. The Kier molecular flexibility index (Phi) is 7.15. The second-order valence-electron chi connectivity index (χ2n) is 7.93. The Morgan fingerprint density at radius 1 is 0.972 bits per heavy atom. The zero-order valence-electron chi connectivity index (χ0n) is 20.3. The van der Waals surface area contributed by atoms with E-state index in [1.807, 2.05) is 66.1 Å². The van der Waals surface area contributed by atoms with Gasteiger partial charge in [-0.05, 0) is 60.7 Å². The van der Waals surface area contributed by atoms with E-state index in [0.29, 0.717) is 47.5 Å². The van der Waals surface area contributed by atoms with E-state index in [1.54, 1.807) is 23.4 Å². The molecule has 0 amide bonds. The highest BCUT2D eigenvalue weighted by molar-refractivity contribution is 7.98.